The van der Waals surface area contributed by atoms with Crippen molar-refractivity contribution < 1.29 is 19.5 Å². The summed E-state index contributed by atoms with van der Waals surface area (Å²) in [5.74, 6) is -1.46. The Balaban J connectivity index is 1.69. The van der Waals surface area contributed by atoms with Crippen molar-refractivity contribution in [3.63, 3.8) is 0 Å². The molecule has 1 fully saturated rings. The number of nitrogens with zero attached hydrogens (tertiary/aromatic N) is 1. The van der Waals surface area contributed by atoms with E-state index in [2.05, 4.69) is 5.32 Å². The number of rotatable bonds is 6. The molecule has 146 valence electrons. The number of carbonyl (C=O) groups is 3. The van der Waals surface area contributed by atoms with E-state index in [-0.39, 0.29) is 17.6 Å². The molecule has 28 heavy (non-hydrogen) atoms. The number of para-hydroxylation sites is 1. The molecule has 1 aliphatic heterocycles. The van der Waals surface area contributed by atoms with Crippen LogP contribution in [-0.2, 0) is 9.59 Å². The molecule has 3 rings (SSSR count). The summed E-state index contributed by atoms with van der Waals surface area (Å²) < 4.78 is 0. The van der Waals surface area contributed by atoms with Gasteiger partial charge in [0.25, 0.3) is 0 Å². The summed E-state index contributed by atoms with van der Waals surface area (Å²) in [6.45, 7) is 2.93. The van der Waals surface area contributed by atoms with Crippen molar-refractivity contribution in [2.75, 3.05) is 18.4 Å². The van der Waals surface area contributed by atoms with Crippen LogP contribution in [0.2, 0.25) is 0 Å². The maximum atomic E-state index is 12.8. The molecule has 0 radical (unpaired) electrons. The van der Waals surface area contributed by atoms with Crippen molar-refractivity contribution in [1.29, 1.82) is 0 Å². The summed E-state index contributed by atoms with van der Waals surface area (Å²) in [5.41, 5.74) is 1.49. The number of carboxylic acids is 1. The van der Waals surface area contributed by atoms with Crippen LogP contribution in [-0.4, -0.2) is 46.8 Å². The molecular weight excluding hydrogens is 356 g/mol. The van der Waals surface area contributed by atoms with E-state index in [0.717, 1.165) is 0 Å². The SMILES string of the molecule is CC(C(=O)Nc1ccccc1C(=O)c1ccccc1)N1CCC(C(=O)O)CC1. The summed E-state index contributed by atoms with van der Waals surface area (Å²) in [4.78, 5) is 38.6. The zero-order chi connectivity index (χ0) is 20.1. The number of carboxylic acid groups (broad SMARTS) is 1. The average Bonchev–Trinajstić information content (AvgIpc) is 2.73. The summed E-state index contributed by atoms with van der Waals surface area (Å²) >= 11 is 0. The molecule has 1 saturated heterocycles. The maximum Gasteiger partial charge on any atom is 0.306 e. The van der Waals surface area contributed by atoms with Gasteiger partial charge in [0, 0.05) is 11.1 Å². The van der Waals surface area contributed by atoms with Crippen LogP contribution in [0.15, 0.2) is 54.6 Å². The molecule has 2 aromatic carbocycles. The van der Waals surface area contributed by atoms with E-state index in [0.29, 0.717) is 42.7 Å². The molecule has 1 aliphatic rings. The first-order chi connectivity index (χ1) is 13.5. The molecule has 2 N–H and O–H groups in total. The molecule has 6 nitrogen and oxygen atoms in total. The van der Waals surface area contributed by atoms with Gasteiger partial charge < -0.3 is 10.4 Å². The van der Waals surface area contributed by atoms with Gasteiger partial charge in [-0.1, -0.05) is 42.5 Å². The van der Waals surface area contributed by atoms with Gasteiger partial charge in [-0.25, -0.2) is 0 Å². The second-order valence-electron chi connectivity index (χ2n) is 7.05. The van der Waals surface area contributed by atoms with Crippen LogP contribution in [0.1, 0.15) is 35.7 Å². The lowest BCUT2D eigenvalue weighted by Gasteiger charge is -2.33. The number of hydrogen-bond donors (Lipinski definition) is 2. The molecule has 0 bridgehead atoms. The third kappa shape index (κ3) is 4.46. The molecule has 1 amide bonds. The molecule has 0 aromatic heterocycles. The lowest BCUT2D eigenvalue weighted by atomic mass is 9.96. The minimum Gasteiger partial charge on any atom is -0.481 e. The Kier molecular flexibility index (Phi) is 6.21. The Labute approximate surface area is 164 Å². The van der Waals surface area contributed by atoms with Crippen LogP contribution < -0.4 is 5.32 Å². The van der Waals surface area contributed by atoms with Crippen molar-refractivity contribution in [2.45, 2.75) is 25.8 Å². The Hall–Kier alpha value is -2.99. The highest BCUT2D eigenvalue weighted by Crippen LogP contribution is 2.22. The monoisotopic (exact) mass is 380 g/mol. The van der Waals surface area contributed by atoms with E-state index >= 15 is 0 Å². The van der Waals surface area contributed by atoms with E-state index in [4.69, 9.17) is 5.11 Å². The molecule has 0 spiro atoms. The smallest absolute Gasteiger partial charge is 0.306 e. The second-order valence-corrected chi connectivity index (χ2v) is 7.05. The van der Waals surface area contributed by atoms with E-state index in [9.17, 15) is 14.4 Å². The summed E-state index contributed by atoms with van der Waals surface area (Å²) in [7, 11) is 0. The van der Waals surface area contributed by atoms with Crippen molar-refractivity contribution >= 4 is 23.3 Å². The van der Waals surface area contributed by atoms with E-state index in [1.54, 1.807) is 55.5 Å². The predicted octanol–water partition coefficient (Wildman–Crippen LogP) is 3.04. The van der Waals surface area contributed by atoms with Crippen LogP contribution in [0.5, 0.6) is 0 Å². The van der Waals surface area contributed by atoms with E-state index < -0.39 is 12.0 Å². The Morgan fingerprint density at radius 2 is 1.61 bits per heavy atom. The normalized spacial score (nSPS) is 16.3. The van der Waals surface area contributed by atoms with Gasteiger partial charge in [-0.05, 0) is 45.0 Å². The first-order valence-electron chi connectivity index (χ1n) is 9.44. The fourth-order valence-corrected chi connectivity index (χ4v) is 3.47. The largest absolute Gasteiger partial charge is 0.481 e. The first kappa shape index (κ1) is 19.8. The molecule has 1 unspecified atom stereocenters. The van der Waals surface area contributed by atoms with Gasteiger partial charge in [0.05, 0.1) is 17.6 Å². The van der Waals surface area contributed by atoms with E-state index in [1.807, 2.05) is 11.0 Å². The average molecular weight is 380 g/mol. The lowest BCUT2D eigenvalue weighted by molar-refractivity contribution is -0.143. The molecule has 0 aliphatic carbocycles. The number of carbonyl (C=O) groups excluding carboxylic acids is 2. The number of benzene rings is 2. The van der Waals surface area contributed by atoms with Crippen LogP contribution >= 0.6 is 0 Å². The summed E-state index contributed by atoms with van der Waals surface area (Å²) in [6, 6.07) is 15.5. The lowest BCUT2D eigenvalue weighted by Crippen LogP contribution is -2.47. The van der Waals surface area contributed by atoms with Crippen LogP contribution in [0.4, 0.5) is 5.69 Å². The number of likely N-dealkylation sites (tertiary alicyclic amines) is 1. The highest BCUT2D eigenvalue weighted by molar-refractivity contribution is 6.14. The molecular formula is C22H24N2O4. The van der Waals surface area contributed by atoms with Crippen molar-refractivity contribution in [1.82, 2.24) is 4.90 Å². The Morgan fingerprint density at radius 3 is 2.25 bits per heavy atom. The first-order valence-corrected chi connectivity index (χ1v) is 9.44. The zero-order valence-electron chi connectivity index (χ0n) is 15.8. The predicted molar refractivity (Wildman–Crippen MR) is 106 cm³/mol. The van der Waals surface area contributed by atoms with Crippen molar-refractivity contribution in [3.05, 3.63) is 65.7 Å². The number of ketones is 1. The Bertz CT molecular complexity index is 858. The zero-order valence-corrected chi connectivity index (χ0v) is 15.8. The molecule has 6 heteroatoms. The van der Waals surface area contributed by atoms with Crippen LogP contribution in [0, 0.1) is 5.92 Å². The number of nitrogens with one attached hydrogen (secondary N) is 1. The molecule has 0 saturated carbocycles. The van der Waals surface area contributed by atoms with E-state index in [1.165, 1.54) is 0 Å². The number of piperidine rings is 1. The molecule has 1 heterocycles. The molecule has 2 aromatic rings. The van der Waals surface area contributed by atoms with Gasteiger partial charge in [0.15, 0.2) is 5.78 Å². The summed E-state index contributed by atoms with van der Waals surface area (Å²) in [5, 5.41) is 12.0. The number of anilines is 1. The Morgan fingerprint density at radius 1 is 1.00 bits per heavy atom. The quantitative estimate of drug-likeness (QED) is 0.752. The van der Waals surface area contributed by atoms with Gasteiger partial charge >= 0.3 is 5.97 Å². The van der Waals surface area contributed by atoms with Gasteiger partial charge in [-0.15, -0.1) is 0 Å². The van der Waals surface area contributed by atoms with Gasteiger partial charge in [0.1, 0.15) is 0 Å². The number of hydrogen-bond acceptors (Lipinski definition) is 4. The fraction of sp³-hybridized carbons (Fsp3) is 0.318. The topological polar surface area (TPSA) is 86.7 Å². The standard InChI is InChI=1S/C22H24N2O4/c1-15(24-13-11-17(12-14-24)22(27)28)21(26)23-19-10-6-5-9-18(19)20(25)16-7-3-2-4-8-16/h2-10,15,17H,11-14H2,1H3,(H,23,26)(H,27,28). The molecule has 1 atom stereocenters. The van der Waals surface area contributed by atoms with Gasteiger partial charge in [-0.2, -0.15) is 0 Å². The number of amides is 1. The van der Waals surface area contributed by atoms with Gasteiger partial charge in [0.2, 0.25) is 5.91 Å². The van der Waals surface area contributed by atoms with Gasteiger partial charge in [-0.3, -0.25) is 19.3 Å². The van der Waals surface area contributed by atoms with Crippen LogP contribution in [0.3, 0.4) is 0 Å². The minimum absolute atomic E-state index is 0.147. The highest BCUT2D eigenvalue weighted by Gasteiger charge is 2.30. The maximum absolute atomic E-state index is 12.8. The third-order valence-corrected chi connectivity index (χ3v) is 5.27. The van der Waals surface area contributed by atoms with Crippen molar-refractivity contribution in [3.8, 4) is 0 Å². The summed E-state index contributed by atoms with van der Waals surface area (Å²) in [6.07, 6.45) is 1.08. The highest BCUT2D eigenvalue weighted by atomic mass is 16.4. The van der Waals surface area contributed by atoms with Crippen molar-refractivity contribution in [2.24, 2.45) is 5.92 Å². The second kappa shape index (κ2) is 8.80. The number of aliphatic carboxylic acids is 1. The third-order valence-electron chi connectivity index (χ3n) is 5.27. The minimum atomic E-state index is -0.773. The van der Waals surface area contributed by atoms with Crippen LogP contribution in [0.25, 0.3) is 0 Å². The fourth-order valence-electron chi connectivity index (χ4n) is 3.47.